The van der Waals surface area contributed by atoms with Crippen molar-refractivity contribution in [2.45, 2.75) is 33.1 Å². The summed E-state index contributed by atoms with van der Waals surface area (Å²) in [5, 5.41) is 14.3. The number of urea groups is 1. The maximum atomic E-state index is 11.6. The van der Waals surface area contributed by atoms with E-state index in [1.807, 2.05) is 19.9 Å². The lowest BCUT2D eigenvalue weighted by atomic mass is 9.94. The van der Waals surface area contributed by atoms with E-state index in [4.69, 9.17) is 9.52 Å². The van der Waals surface area contributed by atoms with Gasteiger partial charge in [0, 0.05) is 25.9 Å². The topological polar surface area (TPSA) is 91.6 Å². The van der Waals surface area contributed by atoms with Crippen LogP contribution in [-0.2, 0) is 11.2 Å². The van der Waals surface area contributed by atoms with Gasteiger partial charge in [0.2, 0.25) is 0 Å². The van der Waals surface area contributed by atoms with Crippen LogP contribution >= 0.6 is 0 Å². The first kappa shape index (κ1) is 17.1. The number of hydrogen-bond donors (Lipinski definition) is 3. The molecule has 3 N–H and O–H groups in total. The lowest BCUT2D eigenvalue weighted by molar-refractivity contribution is -0.138. The van der Waals surface area contributed by atoms with Crippen LogP contribution in [0.2, 0.25) is 0 Å². The molecule has 21 heavy (non-hydrogen) atoms. The van der Waals surface area contributed by atoms with Crippen molar-refractivity contribution in [3.05, 3.63) is 24.2 Å². The third-order valence-corrected chi connectivity index (χ3v) is 3.06. The number of furan rings is 1. The molecule has 0 saturated heterocycles. The molecule has 0 bridgehead atoms. The molecule has 1 heterocycles. The third-order valence-electron chi connectivity index (χ3n) is 3.06. The summed E-state index contributed by atoms with van der Waals surface area (Å²) >= 11 is 0. The minimum absolute atomic E-state index is 0.0432. The van der Waals surface area contributed by atoms with Gasteiger partial charge in [-0.2, -0.15) is 0 Å². The van der Waals surface area contributed by atoms with Gasteiger partial charge in [-0.25, -0.2) is 4.79 Å². The Morgan fingerprint density at radius 3 is 2.67 bits per heavy atom. The molecule has 1 unspecified atom stereocenters. The Morgan fingerprint density at radius 2 is 2.10 bits per heavy atom. The van der Waals surface area contributed by atoms with Gasteiger partial charge in [-0.15, -0.1) is 0 Å². The minimum Gasteiger partial charge on any atom is -0.481 e. The van der Waals surface area contributed by atoms with E-state index in [0.717, 1.165) is 12.2 Å². The van der Waals surface area contributed by atoms with Gasteiger partial charge in [0.15, 0.2) is 0 Å². The van der Waals surface area contributed by atoms with Crippen LogP contribution in [0.3, 0.4) is 0 Å². The molecule has 0 aliphatic carbocycles. The molecule has 1 aromatic heterocycles. The van der Waals surface area contributed by atoms with Gasteiger partial charge < -0.3 is 20.2 Å². The second kappa shape index (κ2) is 9.05. The van der Waals surface area contributed by atoms with E-state index in [2.05, 4.69) is 10.6 Å². The second-order valence-corrected chi connectivity index (χ2v) is 5.56. The van der Waals surface area contributed by atoms with E-state index in [1.54, 1.807) is 12.3 Å². The van der Waals surface area contributed by atoms with E-state index in [1.165, 1.54) is 0 Å². The Kier molecular flexibility index (Phi) is 7.36. The Hall–Kier alpha value is -1.98. The van der Waals surface area contributed by atoms with Crippen LogP contribution < -0.4 is 10.6 Å². The Labute approximate surface area is 124 Å². The quantitative estimate of drug-likeness (QED) is 0.652. The lowest BCUT2D eigenvalue weighted by Gasteiger charge is -2.18. The van der Waals surface area contributed by atoms with Gasteiger partial charge in [-0.05, 0) is 30.4 Å². The molecule has 0 spiro atoms. The second-order valence-electron chi connectivity index (χ2n) is 5.56. The maximum Gasteiger partial charge on any atom is 0.314 e. The van der Waals surface area contributed by atoms with Crippen LogP contribution in [0.5, 0.6) is 0 Å². The average Bonchev–Trinajstić information content (AvgIpc) is 2.88. The molecule has 0 fully saturated rings. The summed E-state index contributed by atoms with van der Waals surface area (Å²) in [6.07, 6.45) is 3.08. The number of hydrogen-bond acceptors (Lipinski definition) is 3. The van der Waals surface area contributed by atoms with Crippen molar-refractivity contribution in [2.24, 2.45) is 11.8 Å². The van der Waals surface area contributed by atoms with Crippen LogP contribution in [0.25, 0.3) is 0 Å². The van der Waals surface area contributed by atoms with E-state index in [9.17, 15) is 9.59 Å². The Bertz CT molecular complexity index is 429. The van der Waals surface area contributed by atoms with E-state index >= 15 is 0 Å². The van der Waals surface area contributed by atoms with Gasteiger partial charge in [-0.1, -0.05) is 13.8 Å². The fraction of sp³-hybridized carbons (Fsp3) is 0.600. The summed E-state index contributed by atoms with van der Waals surface area (Å²) in [5.41, 5.74) is 0. The molecular formula is C15H24N2O4. The van der Waals surface area contributed by atoms with Gasteiger partial charge in [0.05, 0.1) is 6.26 Å². The predicted molar refractivity (Wildman–Crippen MR) is 79.0 cm³/mol. The first-order valence-corrected chi connectivity index (χ1v) is 7.23. The van der Waals surface area contributed by atoms with E-state index in [-0.39, 0.29) is 18.4 Å². The molecule has 2 amide bonds. The minimum atomic E-state index is -0.833. The fourth-order valence-corrected chi connectivity index (χ4v) is 2.21. The molecule has 118 valence electrons. The first-order chi connectivity index (χ1) is 9.97. The van der Waals surface area contributed by atoms with Crippen LogP contribution in [0, 0.1) is 11.8 Å². The zero-order valence-corrected chi connectivity index (χ0v) is 12.6. The molecule has 0 aromatic carbocycles. The molecule has 6 nitrogen and oxygen atoms in total. The first-order valence-electron chi connectivity index (χ1n) is 7.23. The predicted octanol–water partition coefficient (Wildman–Crippen LogP) is 2.26. The molecule has 1 aromatic rings. The normalized spacial score (nSPS) is 12.1. The number of amides is 2. The van der Waals surface area contributed by atoms with E-state index in [0.29, 0.717) is 25.4 Å². The molecule has 6 heteroatoms. The van der Waals surface area contributed by atoms with Gasteiger partial charge in [-0.3, -0.25) is 4.79 Å². The van der Waals surface area contributed by atoms with Crippen molar-refractivity contribution in [1.82, 2.24) is 10.6 Å². The zero-order valence-electron chi connectivity index (χ0n) is 12.6. The van der Waals surface area contributed by atoms with Crippen LogP contribution in [0.15, 0.2) is 22.8 Å². The van der Waals surface area contributed by atoms with Gasteiger partial charge in [0.25, 0.3) is 0 Å². The number of nitrogens with one attached hydrogen (secondary N) is 2. The molecular weight excluding hydrogens is 272 g/mol. The van der Waals surface area contributed by atoms with Crippen LogP contribution in [0.1, 0.15) is 32.4 Å². The summed E-state index contributed by atoms with van der Waals surface area (Å²) in [5.74, 6) is 0.344. The van der Waals surface area contributed by atoms with E-state index < -0.39 is 5.97 Å². The molecule has 0 aliphatic rings. The number of rotatable bonds is 9. The molecule has 0 radical (unpaired) electrons. The summed E-state index contributed by atoms with van der Waals surface area (Å²) < 4.78 is 5.16. The summed E-state index contributed by atoms with van der Waals surface area (Å²) in [7, 11) is 0. The highest BCUT2D eigenvalue weighted by atomic mass is 16.4. The Balaban J connectivity index is 2.23. The van der Waals surface area contributed by atoms with Crippen molar-refractivity contribution in [3.63, 3.8) is 0 Å². The number of aliphatic carboxylic acids is 1. The molecule has 0 aliphatic heterocycles. The average molecular weight is 296 g/mol. The smallest absolute Gasteiger partial charge is 0.314 e. The number of carbonyl (C=O) groups is 2. The van der Waals surface area contributed by atoms with Crippen molar-refractivity contribution in [3.8, 4) is 0 Å². The standard InChI is InChI=1S/C15H24N2O4/c1-11(2)8-12(9-14(18)19)10-17-15(20)16-6-5-13-4-3-7-21-13/h3-4,7,11-12H,5-6,8-10H2,1-2H3,(H,18,19)(H2,16,17,20). The monoisotopic (exact) mass is 296 g/mol. The van der Waals surface area contributed by atoms with Crippen molar-refractivity contribution >= 4 is 12.0 Å². The third kappa shape index (κ3) is 8.02. The van der Waals surface area contributed by atoms with Gasteiger partial charge >= 0.3 is 12.0 Å². The number of carboxylic acid groups (broad SMARTS) is 1. The molecule has 0 saturated carbocycles. The lowest BCUT2D eigenvalue weighted by Crippen LogP contribution is -2.39. The largest absolute Gasteiger partial charge is 0.481 e. The Morgan fingerprint density at radius 1 is 1.33 bits per heavy atom. The summed E-state index contributed by atoms with van der Waals surface area (Å²) in [4.78, 5) is 22.4. The number of carboxylic acids is 1. The van der Waals surface area contributed by atoms with Crippen molar-refractivity contribution in [1.29, 1.82) is 0 Å². The van der Waals surface area contributed by atoms with Crippen molar-refractivity contribution in [2.75, 3.05) is 13.1 Å². The summed E-state index contributed by atoms with van der Waals surface area (Å²) in [6.45, 7) is 4.93. The SMILES string of the molecule is CC(C)CC(CNC(=O)NCCc1ccco1)CC(=O)O. The van der Waals surface area contributed by atoms with Gasteiger partial charge in [0.1, 0.15) is 5.76 Å². The molecule has 1 rings (SSSR count). The molecule has 1 atom stereocenters. The van der Waals surface area contributed by atoms with Crippen molar-refractivity contribution < 1.29 is 19.1 Å². The highest BCUT2D eigenvalue weighted by Gasteiger charge is 2.15. The highest BCUT2D eigenvalue weighted by molar-refractivity contribution is 5.74. The number of carbonyl (C=O) groups excluding carboxylic acids is 1. The van der Waals surface area contributed by atoms with Crippen LogP contribution in [0.4, 0.5) is 4.79 Å². The fourth-order valence-electron chi connectivity index (χ4n) is 2.21. The zero-order chi connectivity index (χ0) is 15.7. The maximum absolute atomic E-state index is 11.6. The summed E-state index contributed by atoms with van der Waals surface area (Å²) in [6, 6.07) is 3.38. The highest BCUT2D eigenvalue weighted by Crippen LogP contribution is 2.14. The van der Waals surface area contributed by atoms with Crippen LogP contribution in [-0.4, -0.2) is 30.2 Å².